The SMILES string of the molecule is CCNC(CCS(C)(=O)=O)c1ccc2c(c1)CCC2. The molecule has 1 aromatic carbocycles. The van der Waals surface area contributed by atoms with E-state index in [1.165, 1.54) is 35.8 Å². The summed E-state index contributed by atoms with van der Waals surface area (Å²) < 4.78 is 22.7. The van der Waals surface area contributed by atoms with Crippen LogP contribution in [0.25, 0.3) is 0 Å². The average Bonchev–Trinajstić information content (AvgIpc) is 2.80. The third-order valence-electron chi connectivity index (χ3n) is 3.75. The molecule has 0 saturated heterocycles. The third kappa shape index (κ3) is 4.05. The molecule has 1 unspecified atom stereocenters. The summed E-state index contributed by atoms with van der Waals surface area (Å²) in [5.74, 6) is 0.238. The molecule has 0 amide bonds. The predicted octanol–water partition coefficient (Wildman–Crippen LogP) is 2.26. The number of sulfone groups is 1. The van der Waals surface area contributed by atoms with Gasteiger partial charge >= 0.3 is 0 Å². The van der Waals surface area contributed by atoms with E-state index in [1.54, 1.807) is 0 Å². The molecule has 1 aliphatic carbocycles. The third-order valence-corrected chi connectivity index (χ3v) is 4.73. The molecule has 19 heavy (non-hydrogen) atoms. The minimum Gasteiger partial charge on any atom is -0.310 e. The number of hydrogen-bond acceptors (Lipinski definition) is 3. The Kier molecular flexibility index (Phi) is 4.63. The molecule has 0 heterocycles. The quantitative estimate of drug-likeness (QED) is 0.870. The van der Waals surface area contributed by atoms with E-state index in [0.29, 0.717) is 6.42 Å². The molecule has 3 nitrogen and oxygen atoms in total. The van der Waals surface area contributed by atoms with Gasteiger partial charge in [-0.25, -0.2) is 8.42 Å². The molecule has 0 radical (unpaired) electrons. The molecule has 1 aromatic rings. The Morgan fingerprint density at radius 1 is 1.26 bits per heavy atom. The fraction of sp³-hybridized carbons (Fsp3) is 0.600. The fourth-order valence-electron chi connectivity index (χ4n) is 2.77. The van der Waals surface area contributed by atoms with Crippen molar-refractivity contribution in [2.75, 3.05) is 18.6 Å². The van der Waals surface area contributed by atoms with Gasteiger partial charge in [0.1, 0.15) is 9.84 Å². The fourth-order valence-corrected chi connectivity index (χ4v) is 3.44. The standard InChI is InChI=1S/C15H23NO2S/c1-3-16-15(9-10-19(2,17)18)14-8-7-12-5-4-6-13(12)11-14/h7-8,11,15-16H,3-6,9-10H2,1-2H3. The van der Waals surface area contributed by atoms with Gasteiger partial charge in [0.25, 0.3) is 0 Å². The lowest BCUT2D eigenvalue weighted by Gasteiger charge is -2.19. The highest BCUT2D eigenvalue weighted by atomic mass is 32.2. The minimum atomic E-state index is -2.90. The second-order valence-electron chi connectivity index (χ2n) is 5.41. The lowest BCUT2D eigenvalue weighted by atomic mass is 9.99. The molecular weight excluding hydrogens is 258 g/mol. The van der Waals surface area contributed by atoms with Gasteiger partial charge < -0.3 is 5.32 Å². The predicted molar refractivity (Wildman–Crippen MR) is 79.2 cm³/mol. The van der Waals surface area contributed by atoms with Gasteiger partial charge in [-0.05, 0) is 48.9 Å². The number of rotatable bonds is 6. The van der Waals surface area contributed by atoms with E-state index in [4.69, 9.17) is 0 Å². The first kappa shape index (κ1) is 14.5. The summed E-state index contributed by atoms with van der Waals surface area (Å²) in [5.41, 5.74) is 4.13. The topological polar surface area (TPSA) is 46.2 Å². The highest BCUT2D eigenvalue weighted by molar-refractivity contribution is 7.90. The Hall–Kier alpha value is -0.870. The van der Waals surface area contributed by atoms with Crippen molar-refractivity contribution in [3.05, 3.63) is 34.9 Å². The van der Waals surface area contributed by atoms with E-state index >= 15 is 0 Å². The van der Waals surface area contributed by atoms with Crippen LogP contribution in [0, 0.1) is 0 Å². The molecule has 4 heteroatoms. The van der Waals surface area contributed by atoms with Crippen LogP contribution in [-0.4, -0.2) is 27.0 Å². The van der Waals surface area contributed by atoms with Crippen molar-refractivity contribution in [2.24, 2.45) is 0 Å². The van der Waals surface area contributed by atoms with E-state index in [2.05, 4.69) is 30.4 Å². The van der Waals surface area contributed by atoms with Crippen LogP contribution in [-0.2, 0) is 22.7 Å². The van der Waals surface area contributed by atoms with Gasteiger partial charge in [0, 0.05) is 12.3 Å². The first-order valence-corrected chi connectivity index (χ1v) is 9.08. The van der Waals surface area contributed by atoms with Crippen molar-refractivity contribution < 1.29 is 8.42 Å². The van der Waals surface area contributed by atoms with Crippen molar-refractivity contribution in [3.8, 4) is 0 Å². The summed E-state index contributed by atoms with van der Waals surface area (Å²) in [7, 11) is -2.90. The maximum atomic E-state index is 11.3. The molecule has 2 rings (SSSR count). The second kappa shape index (κ2) is 6.06. The number of nitrogens with one attached hydrogen (secondary N) is 1. The van der Waals surface area contributed by atoms with Gasteiger partial charge in [0.05, 0.1) is 5.75 Å². The van der Waals surface area contributed by atoms with E-state index in [9.17, 15) is 8.42 Å². The first-order chi connectivity index (χ1) is 8.99. The Balaban J connectivity index is 2.14. The highest BCUT2D eigenvalue weighted by Crippen LogP contribution is 2.26. The number of fused-ring (bicyclic) bond motifs is 1. The summed E-state index contributed by atoms with van der Waals surface area (Å²) in [6.07, 6.45) is 5.54. The molecule has 0 aromatic heterocycles. The number of benzene rings is 1. The number of hydrogen-bond donors (Lipinski definition) is 1. The molecule has 0 aliphatic heterocycles. The van der Waals surface area contributed by atoms with Gasteiger partial charge in [-0.1, -0.05) is 25.1 Å². The zero-order chi connectivity index (χ0) is 13.9. The van der Waals surface area contributed by atoms with Crippen LogP contribution in [0.4, 0.5) is 0 Å². The van der Waals surface area contributed by atoms with Crippen LogP contribution >= 0.6 is 0 Å². The van der Waals surface area contributed by atoms with Crippen molar-refractivity contribution >= 4 is 9.84 Å². The minimum absolute atomic E-state index is 0.144. The number of aryl methyl sites for hydroxylation is 2. The Morgan fingerprint density at radius 3 is 2.68 bits per heavy atom. The monoisotopic (exact) mass is 281 g/mol. The summed E-state index contributed by atoms with van der Waals surface area (Å²) in [6, 6.07) is 6.77. The van der Waals surface area contributed by atoms with E-state index in [1.807, 2.05) is 0 Å². The van der Waals surface area contributed by atoms with E-state index in [0.717, 1.165) is 13.0 Å². The molecule has 0 saturated carbocycles. The summed E-state index contributed by atoms with van der Waals surface area (Å²) in [5, 5.41) is 3.40. The molecule has 0 fully saturated rings. The summed E-state index contributed by atoms with van der Waals surface area (Å²) >= 11 is 0. The maximum Gasteiger partial charge on any atom is 0.147 e. The van der Waals surface area contributed by atoms with Crippen molar-refractivity contribution in [1.82, 2.24) is 5.32 Å². The highest BCUT2D eigenvalue weighted by Gasteiger charge is 2.17. The van der Waals surface area contributed by atoms with Gasteiger partial charge in [0.15, 0.2) is 0 Å². The van der Waals surface area contributed by atoms with Gasteiger partial charge in [0.2, 0.25) is 0 Å². The van der Waals surface area contributed by atoms with Crippen molar-refractivity contribution in [1.29, 1.82) is 0 Å². The lowest BCUT2D eigenvalue weighted by Crippen LogP contribution is -2.23. The molecular formula is C15H23NO2S. The maximum absolute atomic E-state index is 11.3. The molecule has 1 N–H and O–H groups in total. The van der Waals surface area contributed by atoms with Crippen molar-refractivity contribution in [3.63, 3.8) is 0 Å². The van der Waals surface area contributed by atoms with Crippen LogP contribution < -0.4 is 5.32 Å². The van der Waals surface area contributed by atoms with Gasteiger partial charge in [-0.15, -0.1) is 0 Å². The van der Waals surface area contributed by atoms with Crippen LogP contribution in [0.1, 0.15) is 42.5 Å². The summed E-state index contributed by atoms with van der Waals surface area (Å²) in [4.78, 5) is 0. The first-order valence-electron chi connectivity index (χ1n) is 7.02. The zero-order valence-corrected chi connectivity index (χ0v) is 12.6. The molecule has 1 aliphatic rings. The van der Waals surface area contributed by atoms with Gasteiger partial charge in [-0.2, -0.15) is 0 Å². The van der Waals surface area contributed by atoms with E-state index < -0.39 is 9.84 Å². The second-order valence-corrected chi connectivity index (χ2v) is 7.67. The normalized spacial score (nSPS) is 16.3. The van der Waals surface area contributed by atoms with Crippen LogP contribution in [0.15, 0.2) is 18.2 Å². The Labute approximate surface area is 116 Å². The van der Waals surface area contributed by atoms with Gasteiger partial charge in [-0.3, -0.25) is 0 Å². The molecule has 106 valence electrons. The Morgan fingerprint density at radius 2 is 2.00 bits per heavy atom. The average molecular weight is 281 g/mol. The summed E-state index contributed by atoms with van der Waals surface area (Å²) in [6.45, 7) is 2.91. The van der Waals surface area contributed by atoms with Crippen LogP contribution in [0.3, 0.4) is 0 Å². The van der Waals surface area contributed by atoms with Crippen LogP contribution in [0.5, 0.6) is 0 Å². The smallest absolute Gasteiger partial charge is 0.147 e. The molecule has 0 bridgehead atoms. The largest absolute Gasteiger partial charge is 0.310 e. The van der Waals surface area contributed by atoms with Crippen LogP contribution in [0.2, 0.25) is 0 Å². The molecule has 1 atom stereocenters. The zero-order valence-electron chi connectivity index (χ0n) is 11.8. The van der Waals surface area contributed by atoms with E-state index in [-0.39, 0.29) is 11.8 Å². The van der Waals surface area contributed by atoms with Crippen molar-refractivity contribution in [2.45, 2.75) is 38.6 Å². The lowest BCUT2D eigenvalue weighted by molar-refractivity contribution is 0.529. The Bertz CT molecular complexity index is 537. The molecule has 0 spiro atoms.